The molecule has 0 aliphatic rings. The van der Waals surface area contributed by atoms with Gasteiger partial charge in [0.2, 0.25) is 0 Å². The van der Waals surface area contributed by atoms with Crippen LogP contribution in [0, 0.1) is 5.92 Å². The van der Waals surface area contributed by atoms with Gasteiger partial charge in [-0.05, 0) is 30.2 Å². The predicted molar refractivity (Wildman–Crippen MR) is 70.1 cm³/mol. The number of nitrogens with zero attached hydrogens (tertiary/aromatic N) is 1. The first-order valence-corrected chi connectivity index (χ1v) is 5.93. The lowest BCUT2D eigenvalue weighted by Crippen LogP contribution is -2.31. The van der Waals surface area contributed by atoms with E-state index in [1.54, 1.807) is 6.20 Å². The maximum atomic E-state index is 5.97. The lowest BCUT2D eigenvalue weighted by molar-refractivity contribution is 0.161. The van der Waals surface area contributed by atoms with E-state index < -0.39 is 0 Å². The minimum absolute atomic E-state index is 0.0424. The van der Waals surface area contributed by atoms with Crippen LogP contribution in [0.15, 0.2) is 36.5 Å². The van der Waals surface area contributed by atoms with E-state index in [9.17, 15) is 0 Å². The van der Waals surface area contributed by atoms with Gasteiger partial charge in [0.25, 0.3) is 0 Å². The standard InChI is InChI=1S/C14H18N2O/c1-10(2)14(9-15)17-13-7-3-6-12-11(13)5-4-8-16-12/h3-8,10,14H,9,15H2,1-2H3. The van der Waals surface area contributed by atoms with E-state index in [2.05, 4.69) is 18.8 Å². The predicted octanol–water partition coefficient (Wildman–Crippen LogP) is 2.60. The molecule has 0 fully saturated rings. The Labute approximate surface area is 102 Å². The Morgan fingerprint density at radius 1 is 1.24 bits per heavy atom. The molecule has 2 rings (SSSR count). The average Bonchev–Trinajstić information content (AvgIpc) is 2.35. The molecule has 1 aromatic heterocycles. The highest BCUT2D eigenvalue weighted by Gasteiger charge is 2.14. The highest BCUT2D eigenvalue weighted by Crippen LogP contribution is 2.25. The summed E-state index contributed by atoms with van der Waals surface area (Å²) in [7, 11) is 0. The summed E-state index contributed by atoms with van der Waals surface area (Å²) in [5.41, 5.74) is 6.67. The van der Waals surface area contributed by atoms with Crippen molar-refractivity contribution in [2.24, 2.45) is 11.7 Å². The molecule has 3 heteroatoms. The van der Waals surface area contributed by atoms with Crippen LogP contribution in [0.25, 0.3) is 10.9 Å². The van der Waals surface area contributed by atoms with Crippen molar-refractivity contribution < 1.29 is 4.74 Å². The molecule has 0 radical (unpaired) electrons. The summed E-state index contributed by atoms with van der Waals surface area (Å²) in [5.74, 6) is 1.26. The number of benzene rings is 1. The van der Waals surface area contributed by atoms with Gasteiger partial charge in [0.1, 0.15) is 11.9 Å². The molecule has 2 N–H and O–H groups in total. The number of hydrogen-bond acceptors (Lipinski definition) is 3. The quantitative estimate of drug-likeness (QED) is 0.878. The number of hydrogen-bond donors (Lipinski definition) is 1. The van der Waals surface area contributed by atoms with Crippen molar-refractivity contribution >= 4 is 10.9 Å². The smallest absolute Gasteiger partial charge is 0.129 e. The zero-order valence-corrected chi connectivity index (χ0v) is 10.3. The number of rotatable bonds is 4. The summed E-state index contributed by atoms with van der Waals surface area (Å²) in [6.45, 7) is 4.75. The van der Waals surface area contributed by atoms with Gasteiger partial charge >= 0.3 is 0 Å². The first-order valence-electron chi connectivity index (χ1n) is 5.93. The first kappa shape index (κ1) is 11.9. The van der Waals surface area contributed by atoms with Crippen molar-refractivity contribution in [2.75, 3.05) is 6.54 Å². The summed E-state index contributed by atoms with van der Waals surface area (Å²) >= 11 is 0. The molecule has 17 heavy (non-hydrogen) atoms. The molecule has 0 saturated carbocycles. The maximum Gasteiger partial charge on any atom is 0.129 e. The monoisotopic (exact) mass is 230 g/mol. The molecule has 0 amide bonds. The Bertz CT molecular complexity index is 491. The molecular weight excluding hydrogens is 212 g/mol. The third kappa shape index (κ3) is 2.56. The Balaban J connectivity index is 2.35. The van der Waals surface area contributed by atoms with Gasteiger partial charge in [-0.25, -0.2) is 0 Å². The van der Waals surface area contributed by atoms with Gasteiger partial charge in [0.05, 0.1) is 5.52 Å². The van der Waals surface area contributed by atoms with Crippen molar-refractivity contribution in [1.29, 1.82) is 0 Å². The van der Waals surface area contributed by atoms with Gasteiger partial charge in [0.15, 0.2) is 0 Å². The molecule has 0 saturated heterocycles. The lowest BCUT2D eigenvalue weighted by Gasteiger charge is -2.21. The second-order valence-electron chi connectivity index (χ2n) is 4.46. The highest BCUT2D eigenvalue weighted by atomic mass is 16.5. The van der Waals surface area contributed by atoms with E-state index in [0.29, 0.717) is 12.5 Å². The second-order valence-corrected chi connectivity index (χ2v) is 4.46. The lowest BCUT2D eigenvalue weighted by atomic mass is 10.1. The van der Waals surface area contributed by atoms with Crippen LogP contribution in [-0.4, -0.2) is 17.6 Å². The van der Waals surface area contributed by atoms with E-state index in [1.165, 1.54) is 0 Å². The zero-order chi connectivity index (χ0) is 12.3. The minimum atomic E-state index is 0.0424. The highest BCUT2D eigenvalue weighted by molar-refractivity contribution is 5.84. The number of nitrogens with two attached hydrogens (primary N) is 1. The van der Waals surface area contributed by atoms with Crippen LogP contribution in [0.2, 0.25) is 0 Å². The van der Waals surface area contributed by atoms with Gasteiger partial charge in [-0.1, -0.05) is 19.9 Å². The van der Waals surface area contributed by atoms with Gasteiger partial charge in [-0.3, -0.25) is 4.98 Å². The van der Waals surface area contributed by atoms with Crippen molar-refractivity contribution in [3.05, 3.63) is 36.5 Å². The largest absolute Gasteiger partial charge is 0.488 e. The fraction of sp³-hybridized carbons (Fsp3) is 0.357. The van der Waals surface area contributed by atoms with Gasteiger partial charge in [0, 0.05) is 18.1 Å². The summed E-state index contributed by atoms with van der Waals surface area (Å²) in [6.07, 6.45) is 1.83. The van der Waals surface area contributed by atoms with Gasteiger partial charge in [-0.15, -0.1) is 0 Å². The van der Waals surface area contributed by atoms with Crippen LogP contribution in [0.4, 0.5) is 0 Å². The van der Waals surface area contributed by atoms with E-state index in [4.69, 9.17) is 10.5 Å². The molecule has 1 unspecified atom stereocenters. The SMILES string of the molecule is CC(C)C(CN)Oc1cccc2ncccc12. The van der Waals surface area contributed by atoms with Crippen LogP contribution < -0.4 is 10.5 Å². The van der Waals surface area contributed by atoms with E-state index in [0.717, 1.165) is 16.7 Å². The van der Waals surface area contributed by atoms with Crippen molar-refractivity contribution in [2.45, 2.75) is 20.0 Å². The maximum absolute atomic E-state index is 5.97. The summed E-state index contributed by atoms with van der Waals surface area (Å²) in [5, 5.41) is 1.04. The molecule has 1 aromatic carbocycles. The van der Waals surface area contributed by atoms with Gasteiger partial charge in [-0.2, -0.15) is 0 Å². The molecule has 3 nitrogen and oxygen atoms in total. The fourth-order valence-corrected chi connectivity index (χ4v) is 1.80. The number of aromatic nitrogens is 1. The third-order valence-corrected chi connectivity index (χ3v) is 2.86. The van der Waals surface area contributed by atoms with Crippen LogP contribution in [0.3, 0.4) is 0 Å². The molecule has 0 spiro atoms. The second kappa shape index (κ2) is 5.15. The topological polar surface area (TPSA) is 48.1 Å². The Morgan fingerprint density at radius 2 is 2.06 bits per heavy atom. The van der Waals surface area contributed by atoms with E-state index >= 15 is 0 Å². The summed E-state index contributed by atoms with van der Waals surface area (Å²) in [4.78, 5) is 4.31. The van der Waals surface area contributed by atoms with E-state index in [1.807, 2.05) is 30.3 Å². The molecule has 0 aliphatic carbocycles. The normalized spacial score (nSPS) is 12.9. The average molecular weight is 230 g/mol. The molecular formula is C14H18N2O. The Hall–Kier alpha value is -1.61. The molecule has 0 aliphatic heterocycles. The van der Waals surface area contributed by atoms with Crippen molar-refractivity contribution in [3.8, 4) is 5.75 Å². The van der Waals surface area contributed by atoms with Crippen LogP contribution in [-0.2, 0) is 0 Å². The van der Waals surface area contributed by atoms with Crippen molar-refractivity contribution in [1.82, 2.24) is 4.98 Å². The van der Waals surface area contributed by atoms with Crippen LogP contribution in [0.1, 0.15) is 13.8 Å². The van der Waals surface area contributed by atoms with Gasteiger partial charge < -0.3 is 10.5 Å². The van der Waals surface area contributed by atoms with Crippen LogP contribution >= 0.6 is 0 Å². The van der Waals surface area contributed by atoms with Crippen LogP contribution in [0.5, 0.6) is 5.75 Å². The first-order chi connectivity index (χ1) is 8.22. The fourth-order valence-electron chi connectivity index (χ4n) is 1.80. The number of pyridine rings is 1. The summed E-state index contributed by atoms with van der Waals surface area (Å²) in [6, 6.07) is 9.84. The molecule has 90 valence electrons. The molecule has 2 aromatic rings. The summed E-state index contributed by atoms with van der Waals surface area (Å²) < 4.78 is 5.97. The number of fused-ring (bicyclic) bond motifs is 1. The third-order valence-electron chi connectivity index (χ3n) is 2.86. The zero-order valence-electron chi connectivity index (χ0n) is 10.3. The molecule has 1 atom stereocenters. The Kier molecular flexibility index (Phi) is 3.59. The minimum Gasteiger partial charge on any atom is -0.488 e. The number of ether oxygens (including phenoxy) is 1. The molecule has 1 heterocycles. The molecule has 0 bridgehead atoms. The Morgan fingerprint density at radius 3 is 2.76 bits per heavy atom. The van der Waals surface area contributed by atoms with Crippen molar-refractivity contribution in [3.63, 3.8) is 0 Å². The van der Waals surface area contributed by atoms with E-state index in [-0.39, 0.29) is 6.10 Å².